The number of rotatable bonds is 6. The van der Waals surface area contributed by atoms with Crippen LogP contribution in [0.5, 0.6) is 0 Å². The number of carboxylic acid groups (broad SMARTS) is 1. The molecule has 0 unspecified atom stereocenters. The van der Waals surface area contributed by atoms with E-state index in [1.165, 1.54) is 31.2 Å². The van der Waals surface area contributed by atoms with E-state index in [1.807, 2.05) is 34.9 Å². The highest BCUT2D eigenvalue weighted by Crippen LogP contribution is 2.29. The minimum absolute atomic E-state index is 0.408. The van der Waals surface area contributed by atoms with Crippen molar-refractivity contribution >= 4 is 16.9 Å². The van der Waals surface area contributed by atoms with Crippen LogP contribution in [-0.2, 0) is 13.1 Å². The van der Waals surface area contributed by atoms with E-state index in [-0.39, 0.29) is 0 Å². The van der Waals surface area contributed by atoms with Crippen LogP contribution in [0, 0.1) is 12.8 Å². The Hall–Kier alpha value is -2.59. The summed E-state index contributed by atoms with van der Waals surface area (Å²) in [6, 6.07) is 16.7. The quantitative estimate of drug-likeness (QED) is 0.595. The van der Waals surface area contributed by atoms with Gasteiger partial charge >= 0.3 is 5.97 Å². The van der Waals surface area contributed by atoms with Crippen LogP contribution in [0.3, 0.4) is 0 Å². The maximum Gasteiger partial charge on any atom is 0.352 e. The van der Waals surface area contributed by atoms with E-state index in [4.69, 9.17) is 0 Å². The van der Waals surface area contributed by atoms with E-state index in [9.17, 15) is 9.90 Å². The first kappa shape index (κ1) is 19.7. The SMILES string of the molecule is Cc1ccccc1Cn1c(C(=O)O)c(CN[C@H]2CCCC[C@H]2C)c2ccccc21. The van der Waals surface area contributed by atoms with E-state index in [1.54, 1.807) is 0 Å². The normalized spacial score (nSPS) is 19.5. The fourth-order valence-electron chi connectivity index (χ4n) is 4.77. The van der Waals surface area contributed by atoms with Gasteiger partial charge in [-0.05, 0) is 42.9 Å². The molecule has 29 heavy (non-hydrogen) atoms. The summed E-state index contributed by atoms with van der Waals surface area (Å²) in [6.07, 6.45) is 4.97. The lowest BCUT2D eigenvalue weighted by atomic mass is 9.86. The fraction of sp³-hybridized carbons (Fsp3) is 0.400. The number of aromatic nitrogens is 1. The van der Waals surface area contributed by atoms with Gasteiger partial charge in [-0.25, -0.2) is 4.79 Å². The molecule has 1 heterocycles. The van der Waals surface area contributed by atoms with Gasteiger partial charge in [0.05, 0.1) is 0 Å². The molecule has 1 aromatic heterocycles. The number of nitrogens with one attached hydrogen (secondary N) is 1. The second-order valence-corrected chi connectivity index (χ2v) is 8.41. The van der Waals surface area contributed by atoms with Crippen molar-refractivity contribution in [1.29, 1.82) is 0 Å². The van der Waals surface area contributed by atoms with Crippen LogP contribution in [0.1, 0.15) is 59.8 Å². The molecule has 2 N–H and O–H groups in total. The lowest BCUT2D eigenvalue weighted by Crippen LogP contribution is -2.37. The van der Waals surface area contributed by atoms with Crippen LogP contribution in [0.15, 0.2) is 48.5 Å². The number of aromatic carboxylic acids is 1. The van der Waals surface area contributed by atoms with Gasteiger partial charge in [0, 0.05) is 35.6 Å². The molecule has 4 nitrogen and oxygen atoms in total. The molecule has 0 amide bonds. The summed E-state index contributed by atoms with van der Waals surface area (Å²) in [4.78, 5) is 12.4. The lowest BCUT2D eigenvalue weighted by molar-refractivity contribution is 0.0684. The molecule has 2 aromatic carbocycles. The monoisotopic (exact) mass is 390 g/mol. The van der Waals surface area contributed by atoms with Crippen LogP contribution in [0.4, 0.5) is 0 Å². The largest absolute Gasteiger partial charge is 0.477 e. The number of nitrogens with zero attached hydrogens (tertiary/aromatic N) is 1. The van der Waals surface area contributed by atoms with Gasteiger partial charge in [-0.3, -0.25) is 0 Å². The predicted molar refractivity (Wildman–Crippen MR) is 117 cm³/mol. The molecular formula is C25H30N2O2. The van der Waals surface area contributed by atoms with Crippen molar-refractivity contribution in [3.8, 4) is 0 Å². The minimum Gasteiger partial charge on any atom is -0.477 e. The molecule has 0 bridgehead atoms. The standard InChI is InChI=1S/C25H30N2O2/c1-17-9-3-5-11-19(17)16-27-23-14-8-6-12-20(23)21(24(27)25(28)29)15-26-22-13-7-4-10-18(22)2/h3,5-6,8-9,11-12,14,18,22,26H,4,7,10,13,15-16H2,1-2H3,(H,28,29)/t18-,22+/m1/s1. The van der Waals surface area contributed by atoms with Gasteiger partial charge in [0.1, 0.15) is 5.69 Å². The van der Waals surface area contributed by atoms with Crippen molar-refractivity contribution in [2.45, 2.75) is 58.7 Å². The van der Waals surface area contributed by atoms with E-state index in [0.29, 0.717) is 30.7 Å². The Labute approximate surface area is 172 Å². The average molecular weight is 391 g/mol. The third-order valence-electron chi connectivity index (χ3n) is 6.52. The second kappa shape index (κ2) is 8.42. The summed E-state index contributed by atoms with van der Waals surface area (Å²) >= 11 is 0. The number of hydrogen-bond donors (Lipinski definition) is 2. The van der Waals surface area contributed by atoms with Crippen LogP contribution < -0.4 is 5.32 Å². The summed E-state index contributed by atoms with van der Waals surface area (Å²) in [7, 11) is 0. The molecule has 1 aliphatic carbocycles. The van der Waals surface area contributed by atoms with Gasteiger partial charge in [-0.15, -0.1) is 0 Å². The molecule has 0 aliphatic heterocycles. The first-order valence-corrected chi connectivity index (χ1v) is 10.7. The second-order valence-electron chi connectivity index (χ2n) is 8.41. The van der Waals surface area contributed by atoms with Gasteiger partial charge in [0.15, 0.2) is 0 Å². The summed E-state index contributed by atoms with van der Waals surface area (Å²) in [5.41, 5.74) is 4.63. The Balaban J connectivity index is 1.74. The molecule has 152 valence electrons. The number of aryl methyl sites for hydroxylation is 1. The van der Waals surface area contributed by atoms with Crippen molar-refractivity contribution < 1.29 is 9.90 Å². The summed E-state index contributed by atoms with van der Waals surface area (Å²) in [5, 5.41) is 14.9. The Kier molecular flexibility index (Phi) is 5.72. The highest BCUT2D eigenvalue weighted by Gasteiger charge is 2.25. The molecule has 4 rings (SSSR count). The van der Waals surface area contributed by atoms with Crippen molar-refractivity contribution in [2.24, 2.45) is 5.92 Å². The molecule has 0 saturated heterocycles. The Morgan fingerprint density at radius 3 is 2.59 bits per heavy atom. The molecule has 4 heteroatoms. The fourth-order valence-corrected chi connectivity index (χ4v) is 4.77. The minimum atomic E-state index is -0.858. The average Bonchev–Trinajstić information content (AvgIpc) is 3.03. The molecule has 3 aromatic rings. The zero-order chi connectivity index (χ0) is 20.4. The molecule has 0 spiro atoms. The van der Waals surface area contributed by atoms with Crippen LogP contribution >= 0.6 is 0 Å². The molecule has 2 atom stereocenters. The molecule has 1 fully saturated rings. The van der Waals surface area contributed by atoms with Gasteiger partial charge < -0.3 is 15.0 Å². The first-order valence-electron chi connectivity index (χ1n) is 10.7. The van der Waals surface area contributed by atoms with Crippen LogP contribution in [0.25, 0.3) is 10.9 Å². The number of para-hydroxylation sites is 1. The van der Waals surface area contributed by atoms with Crippen LogP contribution in [0.2, 0.25) is 0 Å². The Morgan fingerprint density at radius 2 is 1.83 bits per heavy atom. The van der Waals surface area contributed by atoms with E-state index in [2.05, 4.69) is 37.4 Å². The predicted octanol–water partition coefficient (Wildman–Crippen LogP) is 5.36. The molecule has 1 saturated carbocycles. The molecule has 1 aliphatic rings. The van der Waals surface area contributed by atoms with Crippen molar-refractivity contribution in [1.82, 2.24) is 9.88 Å². The number of carbonyl (C=O) groups is 1. The van der Waals surface area contributed by atoms with Crippen molar-refractivity contribution in [2.75, 3.05) is 0 Å². The molecule has 0 radical (unpaired) electrons. The number of benzene rings is 2. The Morgan fingerprint density at radius 1 is 1.10 bits per heavy atom. The highest BCUT2D eigenvalue weighted by molar-refractivity contribution is 5.98. The van der Waals surface area contributed by atoms with Gasteiger partial charge in [-0.1, -0.05) is 62.2 Å². The lowest BCUT2D eigenvalue weighted by Gasteiger charge is -2.29. The van der Waals surface area contributed by atoms with E-state index < -0.39 is 5.97 Å². The van der Waals surface area contributed by atoms with Crippen LogP contribution in [-0.4, -0.2) is 21.7 Å². The topological polar surface area (TPSA) is 54.3 Å². The van der Waals surface area contributed by atoms with Gasteiger partial charge in [-0.2, -0.15) is 0 Å². The highest BCUT2D eigenvalue weighted by atomic mass is 16.4. The number of fused-ring (bicyclic) bond motifs is 1. The zero-order valence-electron chi connectivity index (χ0n) is 17.3. The third kappa shape index (κ3) is 3.95. The zero-order valence-corrected chi connectivity index (χ0v) is 17.3. The summed E-state index contributed by atoms with van der Waals surface area (Å²) in [5.74, 6) is -0.222. The van der Waals surface area contributed by atoms with Crippen molar-refractivity contribution in [3.63, 3.8) is 0 Å². The Bertz CT molecular complexity index is 1020. The maximum atomic E-state index is 12.4. The third-order valence-corrected chi connectivity index (χ3v) is 6.52. The van der Waals surface area contributed by atoms with E-state index in [0.717, 1.165) is 22.0 Å². The molecular weight excluding hydrogens is 360 g/mol. The first-order chi connectivity index (χ1) is 14.1. The summed E-state index contributed by atoms with van der Waals surface area (Å²) in [6.45, 7) is 5.54. The summed E-state index contributed by atoms with van der Waals surface area (Å²) < 4.78 is 1.97. The van der Waals surface area contributed by atoms with Gasteiger partial charge in [0.25, 0.3) is 0 Å². The smallest absolute Gasteiger partial charge is 0.352 e. The van der Waals surface area contributed by atoms with E-state index >= 15 is 0 Å². The van der Waals surface area contributed by atoms with Crippen molar-refractivity contribution in [3.05, 3.63) is 70.9 Å². The number of hydrogen-bond acceptors (Lipinski definition) is 2. The maximum absolute atomic E-state index is 12.4. The number of carboxylic acids is 1. The van der Waals surface area contributed by atoms with Gasteiger partial charge in [0.2, 0.25) is 0 Å².